The molecule has 0 aromatic carbocycles. The van der Waals surface area contributed by atoms with Crippen LogP contribution in [0.25, 0.3) is 0 Å². The summed E-state index contributed by atoms with van der Waals surface area (Å²) in [4.78, 5) is 9.09. The summed E-state index contributed by atoms with van der Waals surface area (Å²) in [6.07, 6.45) is 4.99. The molecule has 0 aliphatic carbocycles. The van der Waals surface area contributed by atoms with Gasteiger partial charge in [-0.1, -0.05) is 23.4 Å². The highest BCUT2D eigenvalue weighted by Crippen LogP contribution is 2.32. The van der Waals surface area contributed by atoms with Crippen LogP contribution in [-0.4, -0.2) is 15.8 Å². The Morgan fingerprint density at radius 3 is 2.59 bits per heavy atom. The minimum Gasteiger partial charge on any atom is -0.384 e. The Morgan fingerprint density at radius 1 is 1.24 bits per heavy atom. The minimum atomic E-state index is -0.0611. The molecule has 0 saturated heterocycles. The van der Waals surface area contributed by atoms with E-state index in [1.54, 1.807) is 24.7 Å². The fourth-order valence-electron chi connectivity index (χ4n) is 1.22. The van der Waals surface area contributed by atoms with Crippen LogP contribution in [0.15, 0.2) is 46.7 Å². The molecule has 0 amide bonds. The highest BCUT2D eigenvalue weighted by molar-refractivity contribution is 7.99. The lowest BCUT2D eigenvalue weighted by Crippen LogP contribution is -2.12. The summed E-state index contributed by atoms with van der Waals surface area (Å²) >= 11 is 7.54. The molecule has 2 rings (SSSR count). The van der Waals surface area contributed by atoms with Crippen LogP contribution in [0.1, 0.15) is 5.56 Å². The van der Waals surface area contributed by atoms with E-state index in [0.29, 0.717) is 15.6 Å². The van der Waals surface area contributed by atoms with Crippen molar-refractivity contribution in [1.82, 2.24) is 9.97 Å². The average molecular weight is 265 g/mol. The number of hydrogen-bond donors (Lipinski definition) is 2. The molecule has 0 spiro atoms. The molecule has 4 nitrogen and oxygen atoms in total. The monoisotopic (exact) mass is 264 g/mol. The van der Waals surface area contributed by atoms with Gasteiger partial charge in [0.2, 0.25) is 0 Å². The summed E-state index contributed by atoms with van der Waals surface area (Å²) in [5.74, 6) is -0.0611. The molecule has 0 atom stereocenters. The van der Waals surface area contributed by atoms with Gasteiger partial charge in [-0.05, 0) is 18.2 Å². The van der Waals surface area contributed by atoms with Crippen molar-refractivity contribution in [2.24, 2.45) is 5.73 Å². The number of amidine groups is 1. The number of nitrogens with one attached hydrogen (secondary N) is 1. The first kappa shape index (κ1) is 11.9. The van der Waals surface area contributed by atoms with Gasteiger partial charge in [0.1, 0.15) is 10.9 Å². The molecule has 0 radical (unpaired) electrons. The Balaban J connectivity index is 2.34. The third-order valence-corrected chi connectivity index (χ3v) is 3.52. The lowest BCUT2D eigenvalue weighted by Gasteiger charge is -2.06. The van der Waals surface area contributed by atoms with E-state index in [9.17, 15) is 0 Å². The number of halogens is 1. The van der Waals surface area contributed by atoms with E-state index in [1.807, 2.05) is 12.1 Å². The zero-order valence-electron chi connectivity index (χ0n) is 8.72. The molecule has 0 aliphatic heterocycles. The molecule has 3 N–H and O–H groups in total. The Kier molecular flexibility index (Phi) is 3.61. The van der Waals surface area contributed by atoms with Crippen LogP contribution in [0.3, 0.4) is 0 Å². The summed E-state index contributed by atoms with van der Waals surface area (Å²) in [5.41, 5.74) is 5.93. The van der Waals surface area contributed by atoms with Crippen LogP contribution < -0.4 is 5.73 Å². The molecule has 2 heterocycles. The molecule has 0 bridgehead atoms. The number of aromatic nitrogens is 2. The number of nitrogen functional groups attached to an aromatic ring is 1. The van der Waals surface area contributed by atoms with Gasteiger partial charge in [0.05, 0.1) is 5.02 Å². The van der Waals surface area contributed by atoms with Crippen molar-refractivity contribution in [3.63, 3.8) is 0 Å². The molecule has 86 valence electrons. The summed E-state index contributed by atoms with van der Waals surface area (Å²) in [5, 5.41) is 8.43. The molecule has 0 unspecified atom stereocenters. The van der Waals surface area contributed by atoms with Crippen molar-refractivity contribution < 1.29 is 0 Å². The average Bonchev–Trinajstić information content (AvgIpc) is 2.33. The van der Waals surface area contributed by atoms with Gasteiger partial charge in [-0.2, -0.15) is 0 Å². The molecule has 0 saturated carbocycles. The topological polar surface area (TPSA) is 75.7 Å². The maximum atomic E-state index is 7.40. The SMILES string of the molecule is N=C(N)c1ccnc(Sc2ccncc2)c1Cl. The van der Waals surface area contributed by atoms with Crippen LogP contribution in [0.5, 0.6) is 0 Å². The van der Waals surface area contributed by atoms with E-state index in [2.05, 4.69) is 9.97 Å². The zero-order valence-corrected chi connectivity index (χ0v) is 10.3. The standard InChI is InChI=1S/C11H9ClN4S/c12-9-8(10(13)14)3-6-16-11(9)17-7-1-4-15-5-2-7/h1-6H,(H3,13,14). The Hall–Kier alpha value is -1.59. The number of hydrogen-bond acceptors (Lipinski definition) is 4. The highest BCUT2D eigenvalue weighted by atomic mass is 35.5. The number of nitrogens with zero attached hydrogens (tertiary/aromatic N) is 2. The summed E-state index contributed by atoms with van der Waals surface area (Å²) in [6, 6.07) is 5.35. The molecule has 2 aromatic heterocycles. The van der Waals surface area contributed by atoms with Crippen LogP contribution in [0, 0.1) is 5.41 Å². The smallest absolute Gasteiger partial charge is 0.124 e. The fraction of sp³-hybridized carbons (Fsp3) is 0. The van der Waals surface area contributed by atoms with Crippen molar-refractivity contribution in [2.45, 2.75) is 9.92 Å². The Bertz CT molecular complexity index is 544. The van der Waals surface area contributed by atoms with Gasteiger partial charge in [-0.25, -0.2) is 4.98 Å². The van der Waals surface area contributed by atoms with Gasteiger partial charge in [-0.15, -0.1) is 0 Å². The Morgan fingerprint density at radius 2 is 1.94 bits per heavy atom. The normalized spacial score (nSPS) is 10.2. The van der Waals surface area contributed by atoms with Gasteiger partial charge >= 0.3 is 0 Å². The quantitative estimate of drug-likeness (QED) is 0.660. The van der Waals surface area contributed by atoms with Gasteiger partial charge in [0.25, 0.3) is 0 Å². The molecule has 2 aromatic rings. The van der Waals surface area contributed by atoms with Crippen LogP contribution >= 0.6 is 23.4 Å². The second-order valence-corrected chi connectivity index (χ2v) is 4.62. The van der Waals surface area contributed by atoms with E-state index in [-0.39, 0.29) is 5.84 Å². The predicted molar refractivity (Wildman–Crippen MR) is 68.6 cm³/mol. The summed E-state index contributed by atoms with van der Waals surface area (Å²) < 4.78 is 0. The van der Waals surface area contributed by atoms with Gasteiger partial charge in [0, 0.05) is 29.0 Å². The van der Waals surface area contributed by atoms with E-state index in [0.717, 1.165) is 4.90 Å². The predicted octanol–water partition coefficient (Wildman–Crippen LogP) is 2.57. The van der Waals surface area contributed by atoms with E-state index >= 15 is 0 Å². The lowest BCUT2D eigenvalue weighted by molar-refractivity contribution is 1.12. The van der Waals surface area contributed by atoms with Crippen LogP contribution in [0.2, 0.25) is 5.02 Å². The van der Waals surface area contributed by atoms with Crippen LogP contribution in [0.4, 0.5) is 0 Å². The molecular formula is C11H9ClN4S. The fourth-order valence-corrected chi connectivity index (χ4v) is 2.35. The molecule has 17 heavy (non-hydrogen) atoms. The van der Waals surface area contributed by atoms with E-state index in [1.165, 1.54) is 11.8 Å². The number of pyridine rings is 2. The van der Waals surface area contributed by atoms with Crippen molar-refractivity contribution in [1.29, 1.82) is 5.41 Å². The first-order valence-corrected chi connectivity index (χ1v) is 5.94. The third-order valence-electron chi connectivity index (χ3n) is 2.01. The largest absolute Gasteiger partial charge is 0.384 e. The van der Waals surface area contributed by atoms with Gasteiger partial charge in [0.15, 0.2) is 0 Å². The van der Waals surface area contributed by atoms with Crippen molar-refractivity contribution in [2.75, 3.05) is 0 Å². The number of nitrogens with two attached hydrogens (primary N) is 1. The van der Waals surface area contributed by atoms with Crippen molar-refractivity contribution >= 4 is 29.2 Å². The first-order chi connectivity index (χ1) is 8.18. The summed E-state index contributed by atoms with van der Waals surface area (Å²) in [7, 11) is 0. The van der Waals surface area contributed by atoms with Gasteiger partial charge < -0.3 is 5.73 Å². The minimum absolute atomic E-state index is 0.0611. The van der Waals surface area contributed by atoms with Gasteiger partial charge in [-0.3, -0.25) is 10.4 Å². The van der Waals surface area contributed by atoms with Crippen LogP contribution in [-0.2, 0) is 0 Å². The molecular weight excluding hydrogens is 256 g/mol. The number of rotatable bonds is 3. The van der Waals surface area contributed by atoms with E-state index in [4.69, 9.17) is 22.7 Å². The third kappa shape index (κ3) is 2.75. The lowest BCUT2D eigenvalue weighted by atomic mass is 10.2. The second-order valence-electron chi connectivity index (χ2n) is 3.18. The molecule has 0 aliphatic rings. The molecule has 0 fully saturated rings. The Labute approximate surface area is 108 Å². The van der Waals surface area contributed by atoms with E-state index < -0.39 is 0 Å². The summed E-state index contributed by atoms with van der Waals surface area (Å²) in [6.45, 7) is 0. The van der Waals surface area contributed by atoms with Crippen molar-refractivity contribution in [3.05, 3.63) is 47.4 Å². The first-order valence-electron chi connectivity index (χ1n) is 4.75. The highest BCUT2D eigenvalue weighted by Gasteiger charge is 2.10. The maximum Gasteiger partial charge on any atom is 0.124 e. The van der Waals surface area contributed by atoms with Crippen molar-refractivity contribution in [3.8, 4) is 0 Å². The zero-order chi connectivity index (χ0) is 12.3. The maximum absolute atomic E-state index is 7.40. The molecule has 6 heteroatoms. The second kappa shape index (κ2) is 5.16.